The van der Waals surface area contributed by atoms with Crippen LogP contribution in [0.5, 0.6) is 0 Å². The van der Waals surface area contributed by atoms with Crippen LogP contribution in [-0.4, -0.2) is 83.2 Å². The number of amides is 3. The highest BCUT2D eigenvalue weighted by Gasteiger charge is 2.31. The first-order chi connectivity index (χ1) is 14.6. The molecular formula is C19H37N5O6S. The molecule has 31 heavy (non-hydrogen) atoms. The average Bonchev–Trinajstić information content (AvgIpc) is 2.72. The predicted molar refractivity (Wildman–Crippen MR) is 119 cm³/mol. The summed E-state index contributed by atoms with van der Waals surface area (Å²) in [7, 11) is 0. The number of nitrogens with two attached hydrogens (primary N) is 2. The Balaban J connectivity index is 5.20. The maximum atomic E-state index is 12.8. The van der Waals surface area contributed by atoms with Crippen LogP contribution in [0.25, 0.3) is 0 Å². The van der Waals surface area contributed by atoms with Crippen molar-refractivity contribution in [3.63, 3.8) is 0 Å². The Morgan fingerprint density at radius 2 is 1.55 bits per heavy atom. The van der Waals surface area contributed by atoms with Gasteiger partial charge in [-0.1, -0.05) is 20.3 Å². The Morgan fingerprint density at radius 1 is 0.935 bits per heavy atom. The summed E-state index contributed by atoms with van der Waals surface area (Å²) in [6.45, 7) is 3.09. The van der Waals surface area contributed by atoms with E-state index in [0.29, 0.717) is 31.6 Å². The van der Waals surface area contributed by atoms with E-state index in [1.807, 2.05) is 6.26 Å². The average molecular weight is 464 g/mol. The van der Waals surface area contributed by atoms with Gasteiger partial charge in [-0.25, -0.2) is 4.79 Å². The van der Waals surface area contributed by atoms with Crippen molar-refractivity contribution in [2.24, 2.45) is 17.4 Å². The monoisotopic (exact) mass is 463 g/mol. The summed E-state index contributed by atoms with van der Waals surface area (Å²) >= 11 is 1.50. The lowest BCUT2D eigenvalue weighted by Gasteiger charge is -2.26. The van der Waals surface area contributed by atoms with Gasteiger partial charge in [0.1, 0.15) is 18.1 Å². The molecule has 4 atom stereocenters. The molecule has 0 spiro atoms. The van der Waals surface area contributed by atoms with Crippen molar-refractivity contribution >= 4 is 35.5 Å². The van der Waals surface area contributed by atoms with E-state index in [-0.39, 0.29) is 5.92 Å². The molecule has 0 aromatic rings. The van der Waals surface area contributed by atoms with E-state index >= 15 is 0 Å². The zero-order valence-corrected chi connectivity index (χ0v) is 19.2. The largest absolute Gasteiger partial charge is 0.480 e. The summed E-state index contributed by atoms with van der Waals surface area (Å²) in [5.74, 6) is -2.94. The smallest absolute Gasteiger partial charge is 0.328 e. The minimum Gasteiger partial charge on any atom is -0.480 e. The molecule has 0 rings (SSSR count). The highest BCUT2D eigenvalue weighted by atomic mass is 32.2. The summed E-state index contributed by atoms with van der Waals surface area (Å²) in [6, 6.07) is -4.21. The third kappa shape index (κ3) is 11.3. The first-order valence-electron chi connectivity index (χ1n) is 10.3. The molecular weight excluding hydrogens is 426 g/mol. The Hall–Kier alpha value is -1.89. The molecule has 0 aliphatic carbocycles. The predicted octanol–water partition coefficient (Wildman–Crippen LogP) is -1.62. The van der Waals surface area contributed by atoms with Gasteiger partial charge in [0.2, 0.25) is 17.7 Å². The Labute approximate surface area is 187 Å². The molecule has 0 bridgehead atoms. The molecule has 4 unspecified atom stereocenters. The van der Waals surface area contributed by atoms with Crippen LogP contribution in [0, 0.1) is 5.92 Å². The summed E-state index contributed by atoms with van der Waals surface area (Å²) in [5, 5.41) is 25.5. The number of aliphatic hydroxyl groups is 1. The van der Waals surface area contributed by atoms with E-state index in [0.717, 1.165) is 6.42 Å². The zero-order valence-electron chi connectivity index (χ0n) is 18.4. The number of nitrogens with one attached hydrogen (secondary N) is 3. The van der Waals surface area contributed by atoms with E-state index in [9.17, 15) is 19.2 Å². The van der Waals surface area contributed by atoms with Crippen LogP contribution in [0.3, 0.4) is 0 Å². The van der Waals surface area contributed by atoms with Crippen LogP contribution >= 0.6 is 11.8 Å². The van der Waals surface area contributed by atoms with Crippen molar-refractivity contribution in [1.29, 1.82) is 0 Å². The van der Waals surface area contributed by atoms with Crippen LogP contribution < -0.4 is 27.4 Å². The zero-order chi connectivity index (χ0) is 24.0. The van der Waals surface area contributed by atoms with Gasteiger partial charge in [-0.05, 0) is 43.7 Å². The fourth-order valence-electron chi connectivity index (χ4n) is 2.66. The molecule has 9 N–H and O–H groups in total. The van der Waals surface area contributed by atoms with Gasteiger partial charge in [0.25, 0.3) is 0 Å². The highest BCUT2D eigenvalue weighted by Crippen LogP contribution is 2.07. The van der Waals surface area contributed by atoms with Crippen LogP contribution in [0.2, 0.25) is 0 Å². The number of carboxylic acid groups (broad SMARTS) is 1. The minimum atomic E-state index is -1.48. The maximum absolute atomic E-state index is 12.8. The summed E-state index contributed by atoms with van der Waals surface area (Å²) in [6.07, 6.45) is 4.07. The molecule has 0 heterocycles. The van der Waals surface area contributed by atoms with Crippen LogP contribution in [-0.2, 0) is 19.2 Å². The topological polar surface area (TPSA) is 197 Å². The fraction of sp³-hybridized carbons (Fsp3) is 0.789. The van der Waals surface area contributed by atoms with Crippen LogP contribution in [0.4, 0.5) is 0 Å². The van der Waals surface area contributed by atoms with Crippen LogP contribution in [0.1, 0.15) is 39.5 Å². The third-order valence-corrected chi connectivity index (χ3v) is 5.24. The third-order valence-electron chi connectivity index (χ3n) is 4.59. The van der Waals surface area contributed by atoms with Gasteiger partial charge in [-0.3, -0.25) is 14.4 Å². The Bertz CT molecular complexity index is 592. The van der Waals surface area contributed by atoms with Gasteiger partial charge in [0.05, 0.1) is 12.6 Å². The molecule has 180 valence electrons. The molecule has 0 aromatic heterocycles. The van der Waals surface area contributed by atoms with E-state index < -0.39 is 54.5 Å². The second kappa shape index (κ2) is 15.8. The van der Waals surface area contributed by atoms with Crippen molar-refractivity contribution < 1.29 is 29.4 Å². The fourth-order valence-corrected chi connectivity index (χ4v) is 3.13. The molecule has 0 radical (unpaired) electrons. The Kier molecular flexibility index (Phi) is 14.9. The van der Waals surface area contributed by atoms with E-state index in [4.69, 9.17) is 21.7 Å². The molecule has 0 saturated heterocycles. The van der Waals surface area contributed by atoms with E-state index in [1.165, 1.54) is 11.8 Å². The first-order valence-corrected chi connectivity index (χ1v) is 11.7. The van der Waals surface area contributed by atoms with Gasteiger partial charge in [0.15, 0.2) is 0 Å². The Morgan fingerprint density at radius 3 is 2.03 bits per heavy atom. The quantitative estimate of drug-likeness (QED) is 0.132. The van der Waals surface area contributed by atoms with Gasteiger partial charge >= 0.3 is 5.97 Å². The molecule has 0 aliphatic rings. The van der Waals surface area contributed by atoms with Crippen molar-refractivity contribution in [2.75, 3.05) is 25.2 Å². The summed E-state index contributed by atoms with van der Waals surface area (Å²) < 4.78 is 0. The van der Waals surface area contributed by atoms with Gasteiger partial charge in [0, 0.05) is 0 Å². The number of carbonyl (C=O) groups excluding carboxylic acids is 3. The number of carbonyl (C=O) groups is 4. The number of carboxylic acids is 1. The van der Waals surface area contributed by atoms with Gasteiger partial charge in [-0.15, -0.1) is 0 Å². The lowest BCUT2D eigenvalue weighted by atomic mass is 10.0. The van der Waals surface area contributed by atoms with E-state index in [1.54, 1.807) is 13.8 Å². The minimum absolute atomic E-state index is 0.328. The first kappa shape index (κ1) is 29.1. The van der Waals surface area contributed by atoms with Gasteiger partial charge < -0.3 is 37.6 Å². The number of aliphatic hydroxyl groups excluding tert-OH is 1. The molecule has 11 nitrogen and oxygen atoms in total. The number of rotatable bonds is 16. The normalized spacial score (nSPS) is 14.9. The van der Waals surface area contributed by atoms with E-state index in [2.05, 4.69) is 16.0 Å². The second-order valence-corrected chi connectivity index (χ2v) is 8.53. The van der Waals surface area contributed by atoms with Crippen molar-refractivity contribution in [3.05, 3.63) is 0 Å². The number of hydrogen-bond acceptors (Lipinski definition) is 8. The SMILES string of the molecule is CSCCC(NC(=O)C(N)CCCCN)C(=O)NC(C(=O)NC(CO)C(=O)O)C(C)C. The number of hydrogen-bond donors (Lipinski definition) is 7. The molecule has 0 aliphatic heterocycles. The molecule has 0 aromatic carbocycles. The van der Waals surface area contributed by atoms with Crippen molar-refractivity contribution in [3.8, 4) is 0 Å². The van der Waals surface area contributed by atoms with Crippen LogP contribution in [0.15, 0.2) is 0 Å². The van der Waals surface area contributed by atoms with Gasteiger partial charge in [-0.2, -0.15) is 11.8 Å². The molecule has 0 fully saturated rings. The number of unbranched alkanes of at least 4 members (excludes halogenated alkanes) is 1. The molecule has 3 amide bonds. The summed E-state index contributed by atoms with van der Waals surface area (Å²) in [4.78, 5) is 48.8. The number of thioether (sulfide) groups is 1. The lowest BCUT2D eigenvalue weighted by molar-refractivity contribution is -0.143. The van der Waals surface area contributed by atoms with Crippen molar-refractivity contribution in [1.82, 2.24) is 16.0 Å². The highest BCUT2D eigenvalue weighted by molar-refractivity contribution is 7.98. The van der Waals surface area contributed by atoms with Crippen molar-refractivity contribution in [2.45, 2.75) is 63.7 Å². The maximum Gasteiger partial charge on any atom is 0.328 e. The second-order valence-electron chi connectivity index (χ2n) is 7.55. The molecule has 12 heteroatoms. The molecule has 0 saturated carbocycles. The lowest BCUT2D eigenvalue weighted by Crippen LogP contribution is -2.58. The summed E-state index contributed by atoms with van der Waals surface area (Å²) in [5.41, 5.74) is 11.3. The number of aliphatic carboxylic acids is 1. The standard InChI is InChI=1S/C19H37N5O6S/c1-11(2)15(18(28)23-14(10-25)19(29)30)24-17(27)13(7-9-31-3)22-16(26)12(21)6-4-5-8-20/h11-15,25H,4-10,20-21H2,1-3H3,(H,22,26)(H,23,28)(H,24,27)(H,29,30).